The van der Waals surface area contributed by atoms with Gasteiger partial charge in [0.05, 0.1) is 31.3 Å². The second-order valence-electron chi connectivity index (χ2n) is 17.2. The second kappa shape index (κ2) is 39.3. The van der Waals surface area contributed by atoms with Gasteiger partial charge in [0.1, 0.15) is 6.61 Å². The summed E-state index contributed by atoms with van der Waals surface area (Å²) in [6.45, 7) is 8.75. The van der Waals surface area contributed by atoms with Crippen molar-refractivity contribution in [3.63, 3.8) is 0 Å². The van der Waals surface area contributed by atoms with Crippen molar-refractivity contribution in [3.05, 3.63) is 0 Å². The largest absolute Gasteiger partial charge is 0.472 e. The highest BCUT2D eigenvalue weighted by Crippen LogP contribution is 2.43. The molecule has 0 aromatic rings. The summed E-state index contributed by atoms with van der Waals surface area (Å²) in [6, 6.07) is 0. The number of rotatable bonds is 44. The Labute approximate surface area is 360 Å². The van der Waals surface area contributed by atoms with E-state index in [2.05, 4.69) is 19.2 Å². The first kappa shape index (κ1) is 57.4. The van der Waals surface area contributed by atoms with Crippen LogP contribution in [-0.4, -0.2) is 78.6 Å². The molecule has 3 unspecified atom stereocenters. The highest BCUT2D eigenvalue weighted by atomic mass is 31.2. The third-order valence-electron chi connectivity index (χ3n) is 10.4. The van der Waals surface area contributed by atoms with Crippen molar-refractivity contribution in [2.75, 3.05) is 33.0 Å². The van der Waals surface area contributed by atoms with Crippen LogP contribution in [0, 0.1) is 0 Å². The summed E-state index contributed by atoms with van der Waals surface area (Å²) < 4.78 is 39.3. The third kappa shape index (κ3) is 42.9. The molecule has 0 spiro atoms. The molecule has 1 amide bonds. The van der Waals surface area contributed by atoms with Gasteiger partial charge in [-0.25, -0.2) is 4.57 Å². The lowest BCUT2D eigenvalue weighted by molar-refractivity contribution is -0.161. The Morgan fingerprint density at radius 3 is 1.47 bits per heavy atom. The van der Waals surface area contributed by atoms with E-state index in [0.29, 0.717) is 25.9 Å². The molecule has 0 aromatic heterocycles. The average molecular weight is 864 g/mol. The molecule has 0 saturated carbocycles. The maximum atomic E-state index is 12.7. The van der Waals surface area contributed by atoms with Crippen LogP contribution in [0.1, 0.15) is 227 Å². The van der Waals surface area contributed by atoms with Gasteiger partial charge in [-0.3, -0.25) is 23.4 Å². The van der Waals surface area contributed by atoms with E-state index in [4.69, 9.17) is 23.3 Å². The summed E-state index contributed by atoms with van der Waals surface area (Å²) in [7, 11) is -4.58. The standard InChI is InChI=1S/C46H90NO11P/c1-6-8-10-12-14-16-18-20-22-24-26-28-30-32-44(49)55-39-42(58-45(50)33-31-29-27-25-23-21-19-17-15-13-11-9-7-2)40-57-59(52,53)56-37-35-47-43(48)38-41(3)54-36-34-46(4,5)51/h41-42,51H,6-40H2,1-5H3,(H,47,48)(H,52,53). The molecule has 0 aromatic carbocycles. The summed E-state index contributed by atoms with van der Waals surface area (Å²) in [5.74, 6) is -1.22. The van der Waals surface area contributed by atoms with Crippen molar-refractivity contribution in [2.24, 2.45) is 0 Å². The lowest BCUT2D eigenvalue weighted by atomic mass is 10.0. The topological polar surface area (TPSA) is 167 Å². The lowest BCUT2D eigenvalue weighted by Gasteiger charge is -2.20. The number of phosphoric acid groups is 1. The molecule has 0 aliphatic rings. The molecular formula is C46H90NO11P. The minimum atomic E-state index is -4.58. The zero-order chi connectivity index (χ0) is 43.9. The SMILES string of the molecule is CCCCCCCCCCCCCCCC(=O)OCC(COP(=O)(O)OCCNC(=O)CC(C)OCCC(C)(C)O)OC(=O)CCCCCCCCCCCCCCC. The summed E-state index contributed by atoms with van der Waals surface area (Å²) >= 11 is 0. The summed E-state index contributed by atoms with van der Waals surface area (Å²) in [5.41, 5.74) is -0.858. The molecule has 0 bridgehead atoms. The number of esters is 2. The van der Waals surface area contributed by atoms with Crippen LogP contribution in [-0.2, 0) is 42.2 Å². The number of carbonyl (C=O) groups is 3. The molecule has 59 heavy (non-hydrogen) atoms. The van der Waals surface area contributed by atoms with E-state index < -0.39 is 38.1 Å². The van der Waals surface area contributed by atoms with Crippen LogP contribution in [0.15, 0.2) is 0 Å². The van der Waals surface area contributed by atoms with Gasteiger partial charge in [0.15, 0.2) is 6.10 Å². The van der Waals surface area contributed by atoms with Gasteiger partial charge >= 0.3 is 19.8 Å². The maximum Gasteiger partial charge on any atom is 0.472 e. The van der Waals surface area contributed by atoms with Crippen LogP contribution in [0.4, 0.5) is 0 Å². The van der Waals surface area contributed by atoms with Crippen LogP contribution in [0.2, 0.25) is 0 Å². The molecule has 0 rings (SSSR count). The number of nitrogens with one attached hydrogen (secondary N) is 1. The number of unbranched alkanes of at least 4 members (excludes halogenated alkanes) is 24. The molecule has 0 fully saturated rings. The van der Waals surface area contributed by atoms with E-state index in [-0.39, 0.29) is 51.0 Å². The van der Waals surface area contributed by atoms with Crippen LogP contribution in [0.5, 0.6) is 0 Å². The fraction of sp³-hybridized carbons (Fsp3) is 0.935. The predicted octanol–water partition coefficient (Wildman–Crippen LogP) is 11.6. The van der Waals surface area contributed by atoms with Crippen molar-refractivity contribution in [2.45, 2.75) is 245 Å². The Morgan fingerprint density at radius 2 is 1.03 bits per heavy atom. The van der Waals surface area contributed by atoms with E-state index in [1.54, 1.807) is 20.8 Å². The van der Waals surface area contributed by atoms with Crippen LogP contribution in [0.3, 0.4) is 0 Å². The first-order valence-corrected chi connectivity index (χ1v) is 25.3. The normalized spacial score (nSPS) is 13.8. The number of carbonyl (C=O) groups excluding carboxylic acids is 3. The zero-order valence-corrected chi connectivity index (χ0v) is 39.3. The third-order valence-corrected chi connectivity index (χ3v) is 11.4. The van der Waals surface area contributed by atoms with Gasteiger partial charge in [-0.1, -0.05) is 168 Å². The van der Waals surface area contributed by atoms with Crippen molar-refractivity contribution in [3.8, 4) is 0 Å². The molecule has 0 radical (unpaired) electrons. The molecule has 0 saturated heterocycles. The molecule has 13 heteroatoms. The van der Waals surface area contributed by atoms with Crippen molar-refractivity contribution in [1.29, 1.82) is 0 Å². The molecule has 12 nitrogen and oxygen atoms in total. The first-order chi connectivity index (χ1) is 28.3. The van der Waals surface area contributed by atoms with Crippen molar-refractivity contribution < 1.29 is 52.2 Å². The average Bonchev–Trinajstić information content (AvgIpc) is 3.17. The van der Waals surface area contributed by atoms with Gasteiger partial charge in [-0.2, -0.15) is 0 Å². The molecule has 3 N–H and O–H groups in total. The monoisotopic (exact) mass is 864 g/mol. The number of hydrogen-bond donors (Lipinski definition) is 3. The fourth-order valence-electron chi connectivity index (χ4n) is 6.66. The van der Waals surface area contributed by atoms with Crippen LogP contribution >= 0.6 is 7.82 Å². The van der Waals surface area contributed by atoms with E-state index in [0.717, 1.165) is 38.5 Å². The van der Waals surface area contributed by atoms with Crippen LogP contribution < -0.4 is 5.32 Å². The smallest absolute Gasteiger partial charge is 0.462 e. The van der Waals surface area contributed by atoms with Gasteiger partial charge < -0.3 is 29.5 Å². The molecular weight excluding hydrogens is 773 g/mol. The molecule has 0 heterocycles. The summed E-state index contributed by atoms with van der Waals surface area (Å²) in [4.78, 5) is 47.8. The maximum absolute atomic E-state index is 12.7. The summed E-state index contributed by atoms with van der Waals surface area (Å²) in [5, 5.41) is 12.4. The Hall–Kier alpha value is -1.56. The second-order valence-corrected chi connectivity index (χ2v) is 18.6. The molecule has 0 aliphatic heterocycles. The van der Waals surface area contributed by atoms with Crippen molar-refractivity contribution in [1.82, 2.24) is 5.32 Å². The Bertz CT molecular complexity index is 1050. The predicted molar refractivity (Wildman–Crippen MR) is 237 cm³/mol. The van der Waals surface area contributed by atoms with Gasteiger partial charge in [-0.15, -0.1) is 0 Å². The number of phosphoric ester groups is 1. The highest BCUT2D eigenvalue weighted by molar-refractivity contribution is 7.47. The zero-order valence-electron chi connectivity index (χ0n) is 38.4. The van der Waals surface area contributed by atoms with E-state index >= 15 is 0 Å². The number of hydrogen-bond acceptors (Lipinski definition) is 10. The van der Waals surface area contributed by atoms with Gasteiger partial charge in [0.2, 0.25) is 5.91 Å². The fourth-order valence-corrected chi connectivity index (χ4v) is 7.41. The quantitative estimate of drug-likeness (QED) is 0.0303. The molecule has 0 aliphatic carbocycles. The Kier molecular flexibility index (Phi) is 38.3. The first-order valence-electron chi connectivity index (χ1n) is 23.9. The number of aliphatic hydroxyl groups is 1. The molecule has 3 atom stereocenters. The summed E-state index contributed by atoms with van der Waals surface area (Å²) in [6.07, 6.45) is 30.6. The minimum Gasteiger partial charge on any atom is -0.462 e. The molecule has 350 valence electrons. The van der Waals surface area contributed by atoms with Crippen molar-refractivity contribution >= 4 is 25.7 Å². The Balaban J connectivity index is 4.61. The minimum absolute atomic E-state index is 0.0442. The van der Waals surface area contributed by atoms with E-state index in [9.17, 15) is 28.9 Å². The van der Waals surface area contributed by atoms with Crippen LogP contribution in [0.25, 0.3) is 0 Å². The van der Waals surface area contributed by atoms with Gasteiger partial charge in [0.25, 0.3) is 0 Å². The highest BCUT2D eigenvalue weighted by Gasteiger charge is 2.26. The van der Waals surface area contributed by atoms with Gasteiger partial charge in [-0.05, 0) is 40.0 Å². The van der Waals surface area contributed by atoms with E-state index in [1.165, 1.54) is 116 Å². The van der Waals surface area contributed by atoms with E-state index in [1.807, 2.05) is 0 Å². The van der Waals surface area contributed by atoms with Gasteiger partial charge in [0, 0.05) is 26.0 Å². The number of ether oxygens (including phenoxy) is 3. The Morgan fingerprint density at radius 1 is 0.610 bits per heavy atom. The lowest BCUT2D eigenvalue weighted by Crippen LogP contribution is -2.31. The number of amides is 1.